The van der Waals surface area contributed by atoms with Crippen molar-refractivity contribution < 1.29 is 14.3 Å². The molecule has 0 radical (unpaired) electrons. The van der Waals surface area contributed by atoms with Crippen LogP contribution >= 0.6 is 0 Å². The summed E-state index contributed by atoms with van der Waals surface area (Å²) in [5.41, 5.74) is 2.04. The van der Waals surface area contributed by atoms with E-state index in [2.05, 4.69) is 19.1 Å². The zero-order valence-corrected chi connectivity index (χ0v) is 21.2. The van der Waals surface area contributed by atoms with E-state index in [0.29, 0.717) is 13.2 Å². The van der Waals surface area contributed by atoms with Gasteiger partial charge in [0, 0.05) is 12.6 Å². The molecule has 0 N–H and O–H groups in total. The topological polar surface area (TPSA) is 49.9 Å². The van der Waals surface area contributed by atoms with Gasteiger partial charge in [-0.25, -0.2) is 0 Å². The predicted molar refractivity (Wildman–Crippen MR) is 139 cm³/mol. The Kier molecular flexibility index (Phi) is 9.21. The average Bonchev–Trinajstić information content (AvgIpc) is 2.90. The van der Waals surface area contributed by atoms with Crippen molar-refractivity contribution in [3.05, 3.63) is 65.7 Å². The highest BCUT2D eigenvalue weighted by Gasteiger charge is 2.42. The van der Waals surface area contributed by atoms with Gasteiger partial charge in [0.25, 0.3) is 5.91 Å². The van der Waals surface area contributed by atoms with Crippen LogP contribution < -0.4 is 4.74 Å². The van der Waals surface area contributed by atoms with Gasteiger partial charge in [0.05, 0.1) is 6.61 Å². The molecule has 188 valence electrons. The van der Waals surface area contributed by atoms with Gasteiger partial charge in [0.1, 0.15) is 18.3 Å². The van der Waals surface area contributed by atoms with E-state index in [1.807, 2.05) is 47.4 Å². The minimum Gasteiger partial charge on any atom is -0.494 e. The van der Waals surface area contributed by atoms with Gasteiger partial charge in [-0.15, -0.1) is 0 Å². The minimum absolute atomic E-state index is 0.0485. The molecular weight excluding hydrogens is 436 g/mol. The second-order valence-corrected chi connectivity index (χ2v) is 9.96. The summed E-state index contributed by atoms with van der Waals surface area (Å²) in [6, 6.07) is 17.6. The number of unbranched alkanes of at least 4 members (excludes halogenated alkanes) is 3. The molecule has 5 heteroatoms. The summed E-state index contributed by atoms with van der Waals surface area (Å²) >= 11 is 0. The fourth-order valence-corrected chi connectivity index (χ4v) is 5.39. The largest absolute Gasteiger partial charge is 0.494 e. The van der Waals surface area contributed by atoms with Crippen LogP contribution in [0.4, 0.5) is 0 Å². The molecule has 1 aliphatic heterocycles. The number of carbonyl (C=O) groups is 2. The fourth-order valence-electron chi connectivity index (χ4n) is 5.39. The van der Waals surface area contributed by atoms with Gasteiger partial charge in [-0.2, -0.15) is 0 Å². The molecule has 0 spiro atoms. The third kappa shape index (κ3) is 6.65. The first-order valence-corrected chi connectivity index (χ1v) is 13.5. The summed E-state index contributed by atoms with van der Waals surface area (Å²) in [5, 5.41) is 0. The zero-order valence-electron chi connectivity index (χ0n) is 21.2. The molecule has 0 aromatic heterocycles. The summed E-state index contributed by atoms with van der Waals surface area (Å²) in [7, 11) is 0. The number of piperazine rings is 1. The Morgan fingerprint density at radius 1 is 0.886 bits per heavy atom. The number of amides is 2. The molecule has 2 aliphatic rings. The number of rotatable bonds is 11. The van der Waals surface area contributed by atoms with Crippen molar-refractivity contribution in [2.75, 3.05) is 19.7 Å². The first-order valence-electron chi connectivity index (χ1n) is 13.5. The Hall–Kier alpha value is -2.82. The summed E-state index contributed by atoms with van der Waals surface area (Å²) in [6.07, 6.45) is 10.9. The van der Waals surface area contributed by atoms with E-state index in [-0.39, 0.29) is 24.4 Å². The summed E-state index contributed by atoms with van der Waals surface area (Å²) in [5.74, 6) is 0.935. The molecule has 1 heterocycles. The van der Waals surface area contributed by atoms with Crippen molar-refractivity contribution in [1.29, 1.82) is 0 Å². The van der Waals surface area contributed by atoms with E-state index in [0.717, 1.165) is 49.8 Å². The maximum atomic E-state index is 13.9. The van der Waals surface area contributed by atoms with Gasteiger partial charge in [-0.05, 0) is 48.9 Å². The molecule has 35 heavy (non-hydrogen) atoms. The third-order valence-corrected chi connectivity index (χ3v) is 7.42. The SMILES string of the molecule is CCCCCCOc1ccc([C@H]2C(=O)N(C3CCCCC3)CC(=O)N2CCc2ccccc2)cc1. The fraction of sp³-hybridized carbons (Fsp3) is 0.533. The average molecular weight is 477 g/mol. The predicted octanol–water partition coefficient (Wildman–Crippen LogP) is 5.93. The third-order valence-electron chi connectivity index (χ3n) is 7.42. The smallest absolute Gasteiger partial charge is 0.250 e. The van der Waals surface area contributed by atoms with Crippen LogP contribution in [-0.4, -0.2) is 47.4 Å². The molecule has 5 nitrogen and oxygen atoms in total. The lowest BCUT2D eigenvalue weighted by Crippen LogP contribution is -2.58. The van der Waals surface area contributed by atoms with Crippen LogP contribution in [0.3, 0.4) is 0 Å². The highest BCUT2D eigenvalue weighted by molar-refractivity contribution is 5.95. The van der Waals surface area contributed by atoms with Crippen molar-refractivity contribution in [3.8, 4) is 5.75 Å². The Labute approximate surface area is 210 Å². The van der Waals surface area contributed by atoms with Crippen molar-refractivity contribution >= 4 is 11.8 Å². The Bertz CT molecular complexity index is 938. The van der Waals surface area contributed by atoms with E-state index in [9.17, 15) is 9.59 Å². The van der Waals surface area contributed by atoms with Crippen LogP contribution in [0, 0.1) is 0 Å². The van der Waals surface area contributed by atoms with E-state index in [4.69, 9.17) is 4.74 Å². The number of nitrogens with zero attached hydrogens (tertiary/aromatic N) is 2. The number of ether oxygens (including phenoxy) is 1. The lowest BCUT2D eigenvalue weighted by molar-refractivity contribution is -0.159. The van der Waals surface area contributed by atoms with Crippen molar-refractivity contribution in [2.24, 2.45) is 0 Å². The van der Waals surface area contributed by atoms with Crippen LogP contribution in [-0.2, 0) is 16.0 Å². The molecule has 2 fully saturated rings. The molecular formula is C30H40N2O3. The maximum Gasteiger partial charge on any atom is 0.250 e. The van der Waals surface area contributed by atoms with Crippen LogP contribution in [0.15, 0.2) is 54.6 Å². The monoisotopic (exact) mass is 476 g/mol. The quantitative estimate of drug-likeness (QED) is 0.378. The van der Waals surface area contributed by atoms with Crippen molar-refractivity contribution in [3.63, 3.8) is 0 Å². The van der Waals surface area contributed by atoms with Crippen LogP contribution in [0.1, 0.15) is 81.9 Å². The van der Waals surface area contributed by atoms with E-state index < -0.39 is 6.04 Å². The summed E-state index contributed by atoms with van der Waals surface area (Å²) in [6.45, 7) is 3.65. The molecule has 1 atom stereocenters. The minimum atomic E-state index is -0.569. The van der Waals surface area contributed by atoms with E-state index in [1.165, 1.54) is 31.2 Å². The Morgan fingerprint density at radius 2 is 1.63 bits per heavy atom. The second-order valence-electron chi connectivity index (χ2n) is 9.96. The van der Waals surface area contributed by atoms with Gasteiger partial charge in [0.2, 0.25) is 5.91 Å². The maximum absolute atomic E-state index is 13.9. The van der Waals surface area contributed by atoms with Gasteiger partial charge in [-0.1, -0.05) is 87.9 Å². The Morgan fingerprint density at radius 3 is 2.34 bits per heavy atom. The van der Waals surface area contributed by atoms with Crippen LogP contribution in [0.25, 0.3) is 0 Å². The second kappa shape index (κ2) is 12.8. The molecule has 2 aromatic carbocycles. The van der Waals surface area contributed by atoms with Gasteiger partial charge >= 0.3 is 0 Å². The molecule has 0 bridgehead atoms. The van der Waals surface area contributed by atoms with Gasteiger partial charge < -0.3 is 14.5 Å². The molecule has 0 unspecified atom stereocenters. The normalized spacial score (nSPS) is 19.3. The lowest BCUT2D eigenvalue weighted by atomic mass is 9.91. The summed E-state index contributed by atoms with van der Waals surface area (Å²) < 4.78 is 5.92. The first kappa shape index (κ1) is 25.3. The Balaban J connectivity index is 1.50. The van der Waals surface area contributed by atoms with Crippen molar-refractivity contribution in [1.82, 2.24) is 9.80 Å². The molecule has 1 saturated carbocycles. The van der Waals surface area contributed by atoms with Crippen molar-refractivity contribution in [2.45, 2.75) is 83.2 Å². The standard InChI is InChI=1S/C30H40N2O3/c1-2-3-4-11-22-35-27-18-16-25(17-19-27)29-30(34)32(26-14-9-6-10-15-26)23-28(33)31(29)21-20-24-12-7-5-8-13-24/h5,7-8,12-13,16-19,26,29H,2-4,6,9-11,14-15,20-23H2,1H3/t29-/m0/s1. The number of carbonyl (C=O) groups excluding carboxylic acids is 2. The highest BCUT2D eigenvalue weighted by atomic mass is 16.5. The summed E-state index contributed by atoms with van der Waals surface area (Å²) in [4.78, 5) is 30.9. The molecule has 1 saturated heterocycles. The zero-order chi connectivity index (χ0) is 24.5. The first-order chi connectivity index (χ1) is 17.2. The molecule has 2 aromatic rings. The molecule has 4 rings (SSSR count). The van der Waals surface area contributed by atoms with E-state index >= 15 is 0 Å². The number of benzene rings is 2. The molecule has 1 aliphatic carbocycles. The van der Waals surface area contributed by atoms with Gasteiger partial charge in [0.15, 0.2) is 0 Å². The lowest BCUT2D eigenvalue weighted by Gasteiger charge is -2.44. The van der Waals surface area contributed by atoms with E-state index in [1.54, 1.807) is 4.90 Å². The molecule has 2 amide bonds. The van der Waals surface area contributed by atoms with Crippen LogP contribution in [0.5, 0.6) is 5.75 Å². The highest BCUT2D eigenvalue weighted by Crippen LogP contribution is 2.33. The number of hydrogen-bond acceptors (Lipinski definition) is 3. The van der Waals surface area contributed by atoms with Crippen LogP contribution in [0.2, 0.25) is 0 Å². The number of hydrogen-bond donors (Lipinski definition) is 0. The van der Waals surface area contributed by atoms with Gasteiger partial charge in [-0.3, -0.25) is 9.59 Å².